The maximum absolute atomic E-state index is 13.9. The van der Waals surface area contributed by atoms with Crippen LogP contribution in [0.25, 0.3) is 0 Å². The fraction of sp³-hybridized carbons (Fsp3) is 0.581. The van der Waals surface area contributed by atoms with Crippen molar-refractivity contribution in [3.8, 4) is 0 Å². The maximum atomic E-state index is 13.9. The summed E-state index contributed by atoms with van der Waals surface area (Å²) in [6.45, 7) is 11.3. The number of pyridine rings is 1. The lowest BCUT2D eigenvalue weighted by atomic mass is 9.52. The molecule has 0 unspecified atom stereocenters. The fourth-order valence-electron chi connectivity index (χ4n) is 8.57. The van der Waals surface area contributed by atoms with Crippen molar-refractivity contribution in [3.63, 3.8) is 0 Å². The Labute approximate surface area is 215 Å². The molecule has 0 radical (unpaired) electrons. The van der Waals surface area contributed by atoms with E-state index < -0.39 is 0 Å². The summed E-state index contributed by atoms with van der Waals surface area (Å²) in [5.74, 6) is 3.22. The van der Waals surface area contributed by atoms with Gasteiger partial charge in [-0.05, 0) is 80.1 Å². The van der Waals surface area contributed by atoms with E-state index in [1.54, 1.807) is 6.08 Å². The second-order valence-corrected chi connectivity index (χ2v) is 12.3. The highest BCUT2D eigenvalue weighted by Gasteiger charge is 2.59. The lowest BCUT2D eigenvalue weighted by molar-refractivity contribution is -0.129. The Balaban J connectivity index is 1.17. The first-order chi connectivity index (χ1) is 17.3. The van der Waals surface area contributed by atoms with Crippen LogP contribution in [0, 0.1) is 34.5 Å². The second kappa shape index (κ2) is 8.79. The third-order valence-corrected chi connectivity index (χ3v) is 10.4. The predicted octanol–water partition coefficient (Wildman–Crippen LogP) is 4.86. The molecule has 3 fully saturated rings. The third kappa shape index (κ3) is 3.73. The van der Waals surface area contributed by atoms with Gasteiger partial charge in [-0.3, -0.25) is 14.5 Å². The number of rotatable bonds is 4. The largest absolute Gasteiger partial charge is 0.354 e. The SMILES string of the molecule is C[C@@H]1C[C@H]2[C@@H]3CCC4=CC(=O)C=C[C@]4(C)C3=CC[C@]2(C)[C@H]1C(=O)CN1CCN(c2ccccn2)CC1. The van der Waals surface area contributed by atoms with Gasteiger partial charge in [0.1, 0.15) is 5.82 Å². The van der Waals surface area contributed by atoms with Crippen LogP contribution in [-0.4, -0.2) is 54.2 Å². The molecular weight excluding hydrogens is 446 g/mol. The summed E-state index contributed by atoms with van der Waals surface area (Å²) < 4.78 is 0. The van der Waals surface area contributed by atoms with E-state index in [0.717, 1.165) is 57.7 Å². The van der Waals surface area contributed by atoms with E-state index in [4.69, 9.17) is 0 Å². The van der Waals surface area contributed by atoms with Gasteiger partial charge in [0.15, 0.2) is 11.6 Å². The number of fused-ring (bicyclic) bond motifs is 5. The normalized spacial score (nSPS) is 38.1. The highest BCUT2D eigenvalue weighted by Crippen LogP contribution is 2.65. The van der Waals surface area contributed by atoms with Crippen LogP contribution < -0.4 is 4.90 Å². The first-order valence-corrected chi connectivity index (χ1v) is 13.9. The highest BCUT2D eigenvalue weighted by molar-refractivity contribution is 6.01. The van der Waals surface area contributed by atoms with Gasteiger partial charge in [-0.1, -0.05) is 43.2 Å². The van der Waals surface area contributed by atoms with Crippen molar-refractivity contribution in [3.05, 3.63) is 59.8 Å². The number of carbonyl (C=O) groups excluding carboxylic acids is 2. The van der Waals surface area contributed by atoms with Crippen LogP contribution in [0.5, 0.6) is 0 Å². The number of hydrogen-bond acceptors (Lipinski definition) is 5. The predicted molar refractivity (Wildman–Crippen MR) is 143 cm³/mol. The van der Waals surface area contributed by atoms with Crippen LogP contribution in [0.15, 0.2) is 59.8 Å². The number of nitrogens with zero attached hydrogens (tertiary/aromatic N) is 3. The van der Waals surface area contributed by atoms with Crippen molar-refractivity contribution in [1.29, 1.82) is 0 Å². The maximum Gasteiger partial charge on any atom is 0.178 e. The summed E-state index contributed by atoms with van der Waals surface area (Å²) in [6, 6.07) is 6.06. The molecule has 1 saturated heterocycles. The highest BCUT2D eigenvalue weighted by atomic mass is 16.1. The number of Topliss-reactive ketones (excluding diaryl/α,β-unsaturated/α-hetero) is 1. The van der Waals surface area contributed by atoms with Crippen LogP contribution in [0.4, 0.5) is 5.82 Å². The van der Waals surface area contributed by atoms with Crippen LogP contribution in [0.3, 0.4) is 0 Å². The van der Waals surface area contributed by atoms with E-state index in [1.165, 1.54) is 11.1 Å². The molecule has 5 aliphatic rings. The quantitative estimate of drug-likeness (QED) is 0.570. The van der Waals surface area contributed by atoms with Gasteiger partial charge in [-0.25, -0.2) is 4.98 Å². The van der Waals surface area contributed by atoms with Crippen molar-refractivity contribution in [2.45, 2.75) is 46.5 Å². The molecule has 1 aliphatic heterocycles. The average Bonchev–Trinajstić information content (AvgIpc) is 3.15. The number of allylic oxidation sites excluding steroid dienone is 6. The van der Waals surface area contributed by atoms with Gasteiger partial charge in [-0.15, -0.1) is 0 Å². The van der Waals surface area contributed by atoms with Gasteiger partial charge in [0, 0.05) is 43.7 Å². The molecule has 0 spiro atoms. The molecule has 1 aromatic heterocycles. The molecule has 4 aliphatic carbocycles. The Bertz CT molecular complexity index is 1150. The monoisotopic (exact) mass is 485 g/mol. The molecule has 2 heterocycles. The molecule has 6 atom stereocenters. The summed E-state index contributed by atoms with van der Waals surface area (Å²) in [4.78, 5) is 35.1. The van der Waals surface area contributed by atoms with Gasteiger partial charge in [0.05, 0.1) is 6.54 Å². The van der Waals surface area contributed by atoms with Gasteiger partial charge >= 0.3 is 0 Å². The summed E-state index contributed by atoms with van der Waals surface area (Å²) in [5.41, 5.74) is 2.71. The van der Waals surface area contributed by atoms with Crippen molar-refractivity contribution in [1.82, 2.24) is 9.88 Å². The van der Waals surface area contributed by atoms with Crippen LogP contribution in [0.1, 0.15) is 46.5 Å². The lowest BCUT2D eigenvalue weighted by Gasteiger charge is -2.52. The molecule has 6 rings (SSSR count). The number of ketones is 2. The topological polar surface area (TPSA) is 53.5 Å². The lowest BCUT2D eigenvalue weighted by Crippen LogP contribution is -2.50. The molecule has 0 bridgehead atoms. The van der Waals surface area contributed by atoms with Crippen molar-refractivity contribution >= 4 is 17.4 Å². The Morgan fingerprint density at radius 2 is 1.97 bits per heavy atom. The van der Waals surface area contributed by atoms with Gasteiger partial charge < -0.3 is 4.90 Å². The minimum absolute atomic E-state index is 0.0340. The number of piperazine rings is 1. The molecule has 190 valence electrons. The molecule has 1 aromatic rings. The molecule has 36 heavy (non-hydrogen) atoms. The van der Waals surface area contributed by atoms with Gasteiger partial charge in [0.25, 0.3) is 0 Å². The van der Waals surface area contributed by atoms with Crippen LogP contribution in [0.2, 0.25) is 0 Å². The van der Waals surface area contributed by atoms with E-state index in [9.17, 15) is 9.59 Å². The number of carbonyl (C=O) groups is 2. The molecule has 5 nitrogen and oxygen atoms in total. The Kier molecular flexibility index (Phi) is 5.82. The summed E-state index contributed by atoms with van der Waals surface area (Å²) >= 11 is 0. The second-order valence-electron chi connectivity index (χ2n) is 12.3. The van der Waals surface area contributed by atoms with E-state index in [1.807, 2.05) is 24.4 Å². The number of hydrogen-bond donors (Lipinski definition) is 0. The van der Waals surface area contributed by atoms with Gasteiger partial charge in [-0.2, -0.15) is 0 Å². The number of anilines is 1. The zero-order chi connectivity index (χ0) is 25.1. The van der Waals surface area contributed by atoms with Crippen molar-refractivity contribution < 1.29 is 9.59 Å². The fourth-order valence-corrected chi connectivity index (χ4v) is 8.57. The average molecular weight is 486 g/mol. The third-order valence-electron chi connectivity index (χ3n) is 10.4. The summed E-state index contributed by atoms with van der Waals surface area (Å²) in [7, 11) is 0. The molecular formula is C31H39N3O2. The minimum Gasteiger partial charge on any atom is -0.354 e. The minimum atomic E-state index is -0.114. The first-order valence-electron chi connectivity index (χ1n) is 13.9. The van der Waals surface area contributed by atoms with E-state index in [2.05, 4.69) is 53.8 Å². The molecule has 0 N–H and O–H groups in total. The smallest absolute Gasteiger partial charge is 0.178 e. The molecule has 5 heteroatoms. The number of aromatic nitrogens is 1. The molecule has 2 saturated carbocycles. The standard InChI is InChI=1S/C31H39N3O2/c1-21-18-26-24-8-7-22-19-23(35)9-11-30(22,2)25(24)10-12-31(26,3)29(21)27(36)20-33-14-16-34(17-15-33)28-6-4-5-13-32-28/h4-6,9-11,13,19,21,24,26,29H,7-8,12,14-18,20H2,1-3H3/t21-,24-,26+,29-,30+,31+/m1/s1. The zero-order valence-electron chi connectivity index (χ0n) is 22.0. The van der Waals surface area contributed by atoms with Crippen LogP contribution in [-0.2, 0) is 9.59 Å². The van der Waals surface area contributed by atoms with E-state index >= 15 is 0 Å². The Morgan fingerprint density at radius 1 is 1.17 bits per heavy atom. The molecule has 0 amide bonds. The Hall–Kier alpha value is -2.53. The van der Waals surface area contributed by atoms with E-state index in [0.29, 0.717) is 30.1 Å². The Morgan fingerprint density at radius 3 is 2.72 bits per heavy atom. The summed E-state index contributed by atoms with van der Waals surface area (Å²) in [5, 5.41) is 0. The van der Waals surface area contributed by atoms with Crippen molar-refractivity contribution in [2.75, 3.05) is 37.6 Å². The van der Waals surface area contributed by atoms with E-state index in [-0.39, 0.29) is 22.5 Å². The summed E-state index contributed by atoms with van der Waals surface area (Å²) in [6.07, 6.45) is 14.3. The van der Waals surface area contributed by atoms with Crippen LogP contribution >= 0.6 is 0 Å². The zero-order valence-corrected chi connectivity index (χ0v) is 22.0. The first kappa shape index (κ1) is 23.8. The van der Waals surface area contributed by atoms with Gasteiger partial charge in [0.2, 0.25) is 0 Å². The molecule has 0 aromatic carbocycles. The van der Waals surface area contributed by atoms with Crippen molar-refractivity contribution in [2.24, 2.45) is 34.5 Å².